The topological polar surface area (TPSA) is 71.5 Å². The first kappa shape index (κ1) is 19.7. The maximum absolute atomic E-state index is 14.4. The predicted octanol–water partition coefficient (Wildman–Crippen LogP) is 4.60. The van der Waals surface area contributed by atoms with Gasteiger partial charge >= 0.3 is 0 Å². The molecule has 0 bridgehead atoms. The minimum absolute atomic E-state index is 0.0540. The third kappa shape index (κ3) is 3.93. The van der Waals surface area contributed by atoms with Crippen molar-refractivity contribution in [2.75, 3.05) is 19.6 Å². The number of aromatic nitrogens is 1. The molecule has 1 unspecified atom stereocenters. The molecule has 1 aliphatic heterocycles. The second-order valence-corrected chi connectivity index (χ2v) is 7.45. The van der Waals surface area contributed by atoms with Gasteiger partial charge in [0.25, 0.3) is 5.91 Å². The molecule has 2 aromatic heterocycles. The summed E-state index contributed by atoms with van der Waals surface area (Å²) in [5, 5.41) is 6.99. The molecule has 1 aromatic carbocycles. The number of nitrogens with one attached hydrogen (secondary N) is 1. The van der Waals surface area contributed by atoms with E-state index in [1.165, 1.54) is 12.1 Å². The number of furan rings is 1. The van der Waals surface area contributed by atoms with Crippen molar-refractivity contribution >= 4 is 17.5 Å². The summed E-state index contributed by atoms with van der Waals surface area (Å²) in [5.74, 6) is 0.137. The summed E-state index contributed by atoms with van der Waals surface area (Å²) < 4.78 is 25.2. The molecule has 3 heterocycles. The summed E-state index contributed by atoms with van der Waals surface area (Å²) in [6.45, 7) is 3.86. The first-order chi connectivity index (χ1) is 14.1. The molecule has 1 aliphatic rings. The molecule has 152 valence electrons. The molecule has 1 amide bonds. The number of nitrogens with zero attached hydrogens (tertiary/aromatic N) is 2. The highest BCUT2D eigenvalue weighted by atomic mass is 35.5. The van der Waals surface area contributed by atoms with Crippen LogP contribution in [0.5, 0.6) is 0 Å². The van der Waals surface area contributed by atoms with Gasteiger partial charge in [0.2, 0.25) is 0 Å². The van der Waals surface area contributed by atoms with Crippen molar-refractivity contribution in [3.05, 3.63) is 64.5 Å². The van der Waals surface area contributed by atoms with Crippen LogP contribution >= 0.6 is 11.6 Å². The number of aryl methyl sites for hydroxylation is 1. The Labute approximate surface area is 172 Å². The zero-order valence-corrected chi connectivity index (χ0v) is 16.7. The van der Waals surface area contributed by atoms with Gasteiger partial charge in [-0.15, -0.1) is 0 Å². The van der Waals surface area contributed by atoms with Crippen LogP contribution in [0.4, 0.5) is 4.39 Å². The Hall–Kier alpha value is -2.64. The van der Waals surface area contributed by atoms with Crippen LogP contribution in [0, 0.1) is 12.7 Å². The van der Waals surface area contributed by atoms with Crippen LogP contribution in [0.3, 0.4) is 0 Å². The van der Waals surface area contributed by atoms with Crippen molar-refractivity contribution < 1.29 is 18.1 Å². The SMILES string of the molecule is Cc1onc(-c2c(F)cccc2Cl)c1C(=O)NCC(c1ccco1)N1CCCC1. The fourth-order valence-corrected chi connectivity index (χ4v) is 4.01. The minimum atomic E-state index is -0.564. The number of carbonyl (C=O) groups excluding carboxylic acids is 1. The normalized spacial score (nSPS) is 15.6. The van der Waals surface area contributed by atoms with Crippen molar-refractivity contribution in [1.29, 1.82) is 0 Å². The molecule has 8 heteroatoms. The van der Waals surface area contributed by atoms with Crippen LogP contribution in [0.15, 0.2) is 45.5 Å². The largest absolute Gasteiger partial charge is 0.468 e. The Balaban J connectivity index is 1.58. The van der Waals surface area contributed by atoms with E-state index in [0.29, 0.717) is 12.3 Å². The Bertz CT molecular complexity index is 977. The summed E-state index contributed by atoms with van der Waals surface area (Å²) in [6.07, 6.45) is 3.86. The molecule has 1 atom stereocenters. The van der Waals surface area contributed by atoms with E-state index in [1.54, 1.807) is 19.3 Å². The fraction of sp³-hybridized carbons (Fsp3) is 0.333. The highest BCUT2D eigenvalue weighted by molar-refractivity contribution is 6.33. The monoisotopic (exact) mass is 417 g/mol. The first-order valence-electron chi connectivity index (χ1n) is 9.52. The van der Waals surface area contributed by atoms with E-state index in [0.717, 1.165) is 31.7 Å². The third-order valence-corrected chi connectivity index (χ3v) is 5.51. The standard InChI is InChI=1S/C21H21ClFN3O3/c1-13-18(20(25-29-13)19-14(22)6-4-7-15(19)23)21(27)24-12-16(17-8-5-11-28-17)26-9-2-3-10-26/h4-8,11,16H,2-3,9-10,12H2,1H3,(H,24,27). The van der Waals surface area contributed by atoms with E-state index in [1.807, 2.05) is 12.1 Å². The lowest BCUT2D eigenvalue weighted by Gasteiger charge is -2.26. The van der Waals surface area contributed by atoms with Gasteiger partial charge in [0.1, 0.15) is 28.6 Å². The number of amides is 1. The molecule has 1 N–H and O–H groups in total. The van der Waals surface area contributed by atoms with Gasteiger partial charge in [-0.1, -0.05) is 22.8 Å². The smallest absolute Gasteiger partial charge is 0.257 e. The van der Waals surface area contributed by atoms with E-state index in [2.05, 4.69) is 15.4 Å². The number of benzene rings is 1. The highest BCUT2D eigenvalue weighted by Gasteiger charge is 2.29. The van der Waals surface area contributed by atoms with E-state index >= 15 is 0 Å². The second kappa shape index (κ2) is 8.39. The number of hydrogen-bond acceptors (Lipinski definition) is 5. The lowest BCUT2D eigenvalue weighted by atomic mass is 10.0. The van der Waals surface area contributed by atoms with Crippen molar-refractivity contribution in [3.8, 4) is 11.3 Å². The molecule has 0 aliphatic carbocycles. The van der Waals surface area contributed by atoms with Crippen LogP contribution in [0.2, 0.25) is 5.02 Å². The number of carbonyl (C=O) groups is 1. The van der Waals surface area contributed by atoms with Crippen LogP contribution in [-0.4, -0.2) is 35.6 Å². The first-order valence-corrected chi connectivity index (χ1v) is 9.90. The molecule has 4 rings (SSSR count). The maximum atomic E-state index is 14.4. The van der Waals surface area contributed by atoms with Crippen LogP contribution in [0.25, 0.3) is 11.3 Å². The fourth-order valence-electron chi connectivity index (χ4n) is 3.76. The molecular formula is C21H21ClFN3O3. The Morgan fingerprint density at radius 1 is 1.31 bits per heavy atom. The van der Waals surface area contributed by atoms with Gasteiger partial charge in [-0.25, -0.2) is 4.39 Å². The molecule has 0 radical (unpaired) electrons. The Morgan fingerprint density at radius 2 is 2.10 bits per heavy atom. The molecular weight excluding hydrogens is 397 g/mol. The molecule has 3 aromatic rings. The molecule has 1 saturated heterocycles. The lowest BCUT2D eigenvalue weighted by Crippen LogP contribution is -2.36. The third-order valence-electron chi connectivity index (χ3n) is 5.20. The zero-order valence-electron chi connectivity index (χ0n) is 16.0. The van der Waals surface area contributed by atoms with Gasteiger partial charge in [-0.05, 0) is 57.1 Å². The average Bonchev–Trinajstić information content (AvgIpc) is 3.44. The summed E-state index contributed by atoms with van der Waals surface area (Å²) >= 11 is 6.16. The van der Waals surface area contributed by atoms with E-state index in [4.69, 9.17) is 20.5 Å². The Kier molecular flexibility index (Phi) is 5.69. The second-order valence-electron chi connectivity index (χ2n) is 7.04. The lowest BCUT2D eigenvalue weighted by molar-refractivity contribution is 0.0933. The molecule has 29 heavy (non-hydrogen) atoms. The van der Waals surface area contributed by atoms with Crippen LogP contribution < -0.4 is 5.32 Å². The average molecular weight is 418 g/mol. The number of rotatable bonds is 6. The van der Waals surface area contributed by atoms with Crippen molar-refractivity contribution in [1.82, 2.24) is 15.4 Å². The maximum Gasteiger partial charge on any atom is 0.257 e. The van der Waals surface area contributed by atoms with E-state index < -0.39 is 11.7 Å². The van der Waals surface area contributed by atoms with Gasteiger partial charge in [0.05, 0.1) is 22.9 Å². The molecule has 1 fully saturated rings. The van der Waals surface area contributed by atoms with Gasteiger partial charge in [-0.3, -0.25) is 9.69 Å². The van der Waals surface area contributed by atoms with Crippen LogP contribution in [-0.2, 0) is 0 Å². The molecule has 0 spiro atoms. The minimum Gasteiger partial charge on any atom is -0.468 e. The predicted molar refractivity (Wildman–Crippen MR) is 106 cm³/mol. The zero-order chi connectivity index (χ0) is 20.4. The van der Waals surface area contributed by atoms with Gasteiger partial charge in [0.15, 0.2) is 0 Å². The summed E-state index contributed by atoms with van der Waals surface area (Å²) in [6, 6.07) is 7.99. The van der Waals surface area contributed by atoms with E-state index in [9.17, 15) is 9.18 Å². The van der Waals surface area contributed by atoms with Crippen molar-refractivity contribution in [2.45, 2.75) is 25.8 Å². The molecule has 6 nitrogen and oxygen atoms in total. The Morgan fingerprint density at radius 3 is 2.79 bits per heavy atom. The summed E-state index contributed by atoms with van der Waals surface area (Å²) in [5.41, 5.74) is 0.328. The number of likely N-dealkylation sites (tertiary alicyclic amines) is 1. The number of hydrogen-bond donors (Lipinski definition) is 1. The van der Waals surface area contributed by atoms with Crippen molar-refractivity contribution in [2.24, 2.45) is 0 Å². The summed E-state index contributed by atoms with van der Waals surface area (Å²) in [4.78, 5) is 15.3. The number of halogens is 2. The van der Waals surface area contributed by atoms with Gasteiger partial charge in [-0.2, -0.15) is 0 Å². The van der Waals surface area contributed by atoms with Crippen LogP contribution in [0.1, 0.15) is 40.8 Å². The highest BCUT2D eigenvalue weighted by Crippen LogP contribution is 2.33. The summed E-state index contributed by atoms with van der Waals surface area (Å²) in [7, 11) is 0. The van der Waals surface area contributed by atoms with Gasteiger partial charge in [0, 0.05) is 6.54 Å². The van der Waals surface area contributed by atoms with Crippen molar-refractivity contribution in [3.63, 3.8) is 0 Å². The quantitative estimate of drug-likeness (QED) is 0.634. The van der Waals surface area contributed by atoms with E-state index in [-0.39, 0.29) is 27.9 Å². The van der Waals surface area contributed by atoms with Gasteiger partial charge < -0.3 is 14.3 Å². The molecule has 0 saturated carbocycles.